The predicted octanol–water partition coefficient (Wildman–Crippen LogP) is 8.52. The molecule has 0 radical (unpaired) electrons. The first-order valence-corrected chi connectivity index (χ1v) is 11.8. The van der Waals surface area contributed by atoms with E-state index in [2.05, 4.69) is 25.1 Å². The van der Waals surface area contributed by atoms with Gasteiger partial charge in [0, 0.05) is 38.4 Å². The number of aryl methyl sites for hydroxylation is 4. The van der Waals surface area contributed by atoms with Gasteiger partial charge in [0.15, 0.2) is 5.58 Å². The predicted molar refractivity (Wildman–Crippen MR) is 146 cm³/mol. The molecule has 0 unspecified atom stereocenters. The number of nitrogen functional groups attached to an aromatic ring is 1. The molecule has 0 saturated heterocycles. The van der Waals surface area contributed by atoms with Crippen molar-refractivity contribution in [2.24, 2.45) is 0 Å². The third-order valence-corrected chi connectivity index (χ3v) is 7.35. The molecule has 0 aliphatic heterocycles. The van der Waals surface area contributed by atoms with Crippen LogP contribution in [0.3, 0.4) is 0 Å². The van der Waals surface area contributed by atoms with Crippen LogP contribution in [0.2, 0.25) is 0 Å². The number of rotatable bonds is 1. The van der Waals surface area contributed by atoms with Crippen LogP contribution in [0.15, 0.2) is 57.4 Å². The van der Waals surface area contributed by atoms with Crippen LogP contribution in [0.1, 0.15) is 22.3 Å². The van der Waals surface area contributed by atoms with Crippen molar-refractivity contribution in [3.63, 3.8) is 0 Å². The average Bonchev–Trinajstić information content (AvgIpc) is 2.82. The Balaban J connectivity index is 1.95. The highest BCUT2D eigenvalue weighted by atomic mass is 16.6. The van der Waals surface area contributed by atoms with Gasteiger partial charge in [-0.25, -0.2) is 0 Å². The van der Waals surface area contributed by atoms with Gasteiger partial charge in [-0.3, -0.25) is 10.1 Å². The van der Waals surface area contributed by atoms with Gasteiger partial charge in [0.2, 0.25) is 5.58 Å². The first-order chi connectivity index (χ1) is 17.2. The second kappa shape index (κ2) is 6.76. The highest BCUT2D eigenvalue weighted by molar-refractivity contribution is 6.40. The minimum Gasteiger partial charge on any atom is -0.454 e. The van der Waals surface area contributed by atoms with E-state index in [1.165, 1.54) is 0 Å². The van der Waals surface area contributed by atoms with E-state index in [0.29, 0.717) is 16.9 Å². The topological polar surface area (TPSA) is 95.4 Å². The maximum atomic E-state index is 12.1. The molecule has 5 aromatic carbocycles. The Hall–Kier alpha value is -4.58. The fourth-order valence-corrected chi connectivity index (χ4v) is 6.02. The first kappa shape index (κ1) is 20.8. The average molecular weight is 475 g/mol. The summed E-state index contributed by atoms with van der Waals surface area (Å²) < 4.78 is 12.9. The summed E-state index contributed by atoms with van der Waals surface area (Å²) in [6.45, 7) is 8.09. The summed E-state index contributed by atoms with van der Waals surface area (Å²) in [5.41, 5.74) is 13.4. The van der Waals surface area contributed by atoms with E-state index in [1.807, 2.05) is 45.0 Å². The summed E-state index contributed by atoms with van der Waals surface area (Å²) in [4.78, 5) is 11.7. The van der Waals surface area contributed by atoms with Crippen LogP contribution in [0.5, 0.6) is 0 Å². The summed E-state index contributed by atoms with van der Waals surface area (Å²) in [5.74, 6) is 0. The number of anilines is 1. The third kappa shape index (κ3) is 2.50. The van der Waals surface area contributed by atoms with Gasteiger partial charge in [0.05, 0.1) is 10.6 Å². The Morgan fingerprint density at radius 2 is 1.14 bits per heavy atom. The van der Waals surface area contributed by atoms with Crippen LogP contribution < -0.4 is 5.73 Å². The lowest BCUT2D eigenvalue weighted by Gasteiger charge is -2.19. The Morgan fingerprint density at radius 1 is 0.639 bits per heavy atom. The zero-order valence-corrected chi connectivity index (χ0v) is 20.3. The SMILES string of the molecule is Cc1cc(C)c2oc3c(N)ccc4c3c(c2c1)c1ccc([N+](=O)[O-])c2oc3c(C)cc(C)cc3c4c21. The summed E-state index contributed by atoms with van der Waals surface area (Å²) in [7, 11) is 0. The van der Waals surface area contributed by atoms with Gasteiger partial charge in [0.25, 0.3) is 0 Å². The number of non-ortho nitro benzene ring substituents is 1. The fraction of sp³-hybridized carbons (Fsp3) is 0.133. The van der Waals surface area contributed by atoms with E-state index < -0.39 is 0 Å². The van der Waals surface area contributed by atoms with E-state index in [1.54, 1.807) is 6.07 Å². The smallest absolute Gasteiger partial charge is 0.312 e. The Morgan fingerprint density at radius 3 is 1.69 bits per heavy atom. The second-order valence-electron chi connectivity index (χ2n) is 9.87. The number of nitro groups is 1. The van der Waals surface area contributed by atoms with Crippen molar-refractivity contribution in [1.29, 1.82) is 0 Å². The van der Waals surface area contributed by atoms with Gasteiger partial charge >= 0.3 is 5.69 Å². The lowest BCUT2D eigenvalue weighted by atomic mass is 9.88. The molecular formula is C30H22N2O4. The van der Waals surface area contributed by atoms with Gasteiger partial charge in [0.1, 0.15) is 11.2 Å². The molecule has 0 atom stereocenters. The van der Waals surface area contributed by atoms with Crippen molar-refractivity contribution in [3.05, 3.63) is 80.9 Å². The number of nitrogens with zero attached hydrogens (tertiary/aromatic N) is 1. The van der Waals surface area contributed by atoms with E-state index in [4.69, 9.17) is 14.6 Å². The number of nitro benzene ring substituents is 1. The lowest BCUT2D eigenvalue weighted by molar-refractivity contribution is -0.383. The molecule has 2 aromatic heterocycles. The normalized spacial score (nSPS) is 12.2. The molecule has 0 aliphatic rings. The van der Waals surface area contributed by atoms with Crippen LogP contribution in [-0.4, -0.2) is 4.92 Å². The molecule has 7 aromatic rings. The van der Waals surface area contributed by atoms with Gasteiger partial charge in [-0.05, 0) is 85.0 Å². The van der Waals surface area contributed by atoms with Gasteiger partial charge in [-0.1, -0.05) is 18.2 Å². The number of benzene rings is 5. The standard InChI is InChI=1S/C30H22N2O4/c1-13-9-15(3)27-19(11-13)23-18-6-8-22(32(33)34)30-26(18)24(17-5-7-21(31)29(35-27)25(17)23)20-12-14(2)10-16(4)28(20)36-30/h5-12H,31H2,1-4H3. The minimum absolute atomic E-state index is 0.0516. The first-order valence-electron chi connectivity index (χ1n) is 11.8. The van der Waals surface area contributed by atoms with Crippen molar-refractivity contribution < 1.29 is 13.8 Å². The maximum Gasteiger partial charge on any atom is 0.312 e. The second-order valence-corrected chi connectivity index (χ2v) is 9.87. The van der Waals surface area contributed by atoms with Crippen molar-refractivity contribution in [1.82, 2.24) is 0 Å². The van der Waals surface area contributed by atoms with E-state index in [0.717, 1.165) is 70.9 Å². The monoisotopic (exact) mass is 474 g/mol. The number of hydrogen-bond donors (Lipinski definition) is 1. The third-order valence-electron chi connectivity index (χ3n) is 7.35. The largest absolute Gasteiger partial charge is 0.454 e. The molecule has 6 nitrogen and oxygen atoms in total. The van der Waals surface area contributed by atoms with Crippen LogP contribution in [0.25, 0.3) is 65.4 Å². The van der Waals surface area contributed by atoms with Gasteiger partial charge in [-0.2, -0.15) is 0 Å². The van der Waals surface area contributed by atoms with Crippen molar-refractivity contribution in [3.8, 4) is 0 Å². The number of nitrogens with two attached hydrogens (primary N) is 1. The number of fused-ring (bicyclic) bond motifs is 6. The van der Waals surface area contributed by atoms with Crippen molar-refractivity contribution in [2.75, 3.05) is 5.73 Å². The van der Waals surface area contributed by atoms with Crippen LogP contribution in [0, 0.1) is 37.8 Å². The van der Waals surface area contributed by atoms with Crippen LogP contribution in [0.4, 0.5) is 11.4 Å². The molecule has 176 valence electrons. The van der Waals surface area contributed by atoms with Crippen LogP contribution in [-0.2, 0) is 0 Å². The molecule has 0 bridgehead atoms. The molecule has 6 heteroatoms. The Kier molecular flexibility index (Phi) is 3.90. The zero-order valence-electron chi connectivity index (χ0n) is 20.3. The summed E-state index contributed by atoms with van der Waals surface area (Å²) in [6.07, 6.45) is 0. The summed E-state index contributed by atoms with van der Waals surface area (Å²) >= 11 is 0. The van der Waals surface area contributed by atoms with Gasteiger partial charge < -0.3 is 14.6 Å². The minimum atomic E-state index is -0.372. The van der Waals surface area contributed by atoms with E-state index in [9.17, 15) is 10.1 Å². The van der Waals surface area contributed by atoms with Gasteiger partial charge in [-0.15, -0.1) is 0 Å². The van der Waals surface area contributed by atoms with Crippen molar-refractivity contribution >= 4 is 76.8 Å². The Bertz CT molecular complexity index is 2130. The quantitative estimate of drug-likeness (QED) is 0.0846. The highest BCUT2D eigenvalue weighted by Gasteiger charge is 2.26. The van der Waals surface area contributed by atoms with Crippen LogP contribution >= 0.6 is 0 Å². The molecular weight excluding hydrogens is 452 g/mol. The molecule has 7 rings (SSSR count). The molecule has 2 heterocycles. The highest BCUT2D eigenvalue weighted by Crippen LogP contribution is 2.49. The molecule has 0 saturated carbocycles. The molecule has 0 spiro atoms. The molecule has 0 amide bonds. The molecule has 0 aliphatic carbocycles. The molecule has 0 fully saturated rings. The lowest BCUT2D eigenvalue weighted by Crippen LogP contribution is -1.97. The summed E-state index contributed by atoms with van der Waals surface area (Å²) in [6, 6.07) is 15.5. The Labute approximate surface area is 205 Å². The van der Waals surface area contributed by atoms with Crippen molar-refractivity contribution in [2.45, 2.75) is 27.7 Å². The fourth-order valence-electron chi connectivity index (χ4n) is 6.02. The van der Waals surface area contributed by atoms with E-state index in [-0.39, 0.29) is 16.2 Å². The molecule has 36 heavy (non-hydrogen) atoms. The number of hydrogen-bond acceptors (Lipinski definition) is 5. The molecule has 2 N–H and O–H groups in total. The van der Waals surface area contributed by atoms with E-state index >= 15 is 0 Å². The summed E-state index contributed by atoms with van der Waals surface area (Å²) in [5, 5.41) is 19.3. The maximum absolute atomic E-state index is 12.1. The zero-order chi connectivity index (χ0) is 25.0.